The number of morpholine rings is 1. The highest BCUT2D eigenvalue weighted by Crippen LogP contribution is 2.36. The fourth-order valence-corrected chi connectivity index (χ4v) is 3.92. The van der Waals surface area contributed by atoms with Crippen LogP contribution in [-0.4, -0.2) is 53.0 Å². The third kappa shape index (κ3) is 2.86. The van der Waals surface area contributed by atoms with E-state index in [4.69, 9.17) is 4.74 Å². The number of amides is 2. The Labute approximate surface area is 152 Å². The molecule has 134 valence electrons. The van der Waals surface area contributed by atoms with Crippen molar-refractivity contribution in [3.8, 4) is 0 Å². The van der Waals surface area contributed by atoms with Crippen molar-refractivity contribution in [2.45, 2.75) is 25.0 Å². The Bertz CT molecular complexity index is 812. The van der Waals surface area contributed by atoms with E-state index in [1.54, 1.807) is 29.4 Å². The van der Waals surface area contributed by atoms with Crippen LogP contribution in [0.5, 0.6) is 0 Å². The first-order chi connectivity index (χ1) is 12.6. The first kappa shape index (κ1) is 16.7. The van der Waals surface area contributed by atoms with Crippen LogP contribution in [0.3, 0.4) is 0 Å². The topological polar surface area (TPSA) is 62.7 Å². The van der Waals surface area contributed by atoms with Gasteiger partial charge in [0.1, 0.15) is 12.2 Å². The van der Waals surface area contributed by atoms with Gasteiger partial charge in [0.2, 0.25) is 0 Å². The van der Waals surface area contributed by atoms with Gasteiger partial charge in [-0.3, -0.25) is 14.6 Å². The maximum absolute atomic E-state index is 12.8. The van der Waals surface area contributed by atoms with Crippen molar-refractivity contribution >= 4 is 17.5 Å². The Morgan fingerprint density at radius 2 is 2.04 bits per heavy atom. The second-order valence-electron chi connectivity index (χ2n) is 6.97. The van der Waals surface area contributed by atoms with E-state index in [0.717, 1.165) is 5.69 Å². The molecule has 0 aliphatic carbocycles. The molecule has 26 heavy (non-hydrogen) atoms. The van der Waals surface area contributed by atoms with Crippen LogP contribution >= 0.6 is 0 Å². The number of anilines is 1. The fraction of sp³-hybridized carbons (Fsp3) is 0.350. The van der Waals surface area contributed by atoms with Gasteiger partial charge in [0.05, 0.1) is 18.2 Å². The summed E-state index contributed by atoms with van der Waals surface area (Å²) in [5.41, 5.74) is 0.852. The summed E-state index contributed by atoms with van der Waals surface area (Å²) >= 11 is 0. The lowest BCUT2D eigenvalue weighted by molar-refractivity contribution is -0.149. The normalized spacial score (nSPS) is 25.7. The third-order valence-corrected chi connectivity index (χ3v) is 5.22. The van der Waals surface area contributed by atoms with Crippen molar-refractivity contribution in [1.29, 1.82) is 0 Å². The van der Waals surface area contributed by atoms with Gasteiger partial charge in [-0.15, -0.1) is 0 Å². The van der Waals surface area contributed by atoms with Gasteiger partial charge in [0, 0.05) is 24.6 Å². The van der Waals surface area contributed by atoms with Gasteiger partial charge < -0.3 is 14.5 Å². The highest BCUT2D eigenvalue weighted by atomic mass is 16.5. The van der Waals surface area contributed by atoms with Gasteiger partial charge in [0.25, 0.3) is 11.8 Å². The number of pyridine rings is 1. The Kier molecular flexibility index (Phi) is 4.20. The van der Waals surface area contributed by atoms with Gasteiger partial charge in [0.15, 0.2) is 0 Å². The predicted molar refractivity (Wildman–Crippen MR) is 96.8 cm³/mol. The van der Waals surface area contributed by atoms with Gasteiger partial charge in [-0.2, -0.15) is 0 Å². The summed E-state index contributed by atoms with van der Waals surface area (Å²) in [5, 5.41) is 0. The van der Waals surface area contributed by atoms with Crippen LogP contribution in [0.25, 0.3) is 0 Å². The minimum Gasteiger partial charge on any atom is -0.361 e. The van der Waals surface area contributed by atoms with E-state index in [2.05, 4.69) is 4.98 Å². The van der Waals surface area contributed by atoms with Crippen molar-refractivity contribution < 1.29 is 14.3 Å². The van der Waals surface area contributed by atoms with Gasteiger partial charge in [-0.25, -0.2) is 0 Å². The molecule has 0 unspecified atom stereocenters. The molecule has 2 amide bonds. The number of hydrogen-bond donors (Lipinski definition) is 0. The summed E-state index contributed by atoms with van der Waals surface area (Å²) in [6.45, 7) is 3.04. The number of benzene rings is 1. The molecule has 0 spiro atoms. The molecule has 2 aliphatic heterocycles. The number of ether oxygens (including phenoxy) is 1. The van der Waals surface area contributed by atoms with Crippen molar-refractivity contribution in [2.24, 2.45) is 0 Å². The van der Waals surface area contributed by atoms with Gasteiger partial charge >= 0.3 is 0 Å². The quantitative estimate of drug-likeness (QED) is 0.831. The molecule has 6 heteroatoms. The predicted octanol–water partition coefficient (Wildman–Crippen LogP) is 2.12. The van der Waals surface area contributed by atoms with Crippen molar-refractivity contribution in [1.82, 2.24) is 9.88 Å². The van der Waals surface area contributed by atoms with Crippen LogP contribution in [-0.2, 0) is 9.53 Å². The number of hydrogen-bond acceptors (Lipinski definition) is 4. The average molecular weight is 351 g/mol. The average Bonchev–Trinajstić information content (AvgIpc) is 2.69. The van der Waals surface area contributed by atoms with Crippen molar-refractivity contribution in [2.75, 3.05) is 24.6 Å². The fourth-order valence-electron chi connectivity index (χ4n) is 3.92. The zero-order valence-electron chi connectivity index (χ0n) is 14.7. The molecular weight excluding hydrogens is 330 g/mol. The lowest BCUT2D eigenvalue weighted by atomic mass is 9.85. The van der Waals surface area contributed by atoms with Crippen LogP contribution < -0.4 is 4.90 Å². The number of rotatable bonds is 2. The molecule has 0 N–H and O–H groups in total. The first-order valence-electron chi connectivity index (χ1n) is 8.79. The molecule has 1 aromatic heterocycles. The summed E-state index contributed by atoms with van der Waals surface area (Å²) in [4.78, 5) is 33.0. The van der Waals surface area contributed by atoms with Crippen molar-refractivity contribution in [3.05, 3.63) is 60.4 Å². The lowest BCUT2D eigenvalue weighted by Crippen LogP contribution is -2.68. The molecule has 6 nitrogen and oxygen atoms in total. The van der Waals surface area contributed by atoms with E-state index < -0.39 is 5.60 Å². The number of para-hydroxylation sites is 1. The molecular formula is C20H21N3O3. The summed E-state index contributed by atoms with van der Waals surface area (Å²) in [7, 11) is 0. The number of fused-ring (bicyclic) bond motifs is 1. The van der Waals surface area contributed by atoms with Crippen LogP contribution in [0, 0.1) is 0 Å². The smallest absolute Gasteiger partial charge is 0.255 e. The molecule has 2 saturated heterocycles. The second kappa shape index (κ2) is 6.53. The van der Waals surface area contributed by atoms with E-state index in [1.165, 1.54) is 0 Å². The minimum absolute atomic E-state index is 0.0246. The number of carbonyl (C=O) groups is 2. The summed E-state index contributed by atoms with van der Waals surface area (Å²) in [6, 6.07) is 13.1. The van der Waals surface area contributed by atoms with E-state index in [9.17, 15) is 9.59 Å². The standard InChI is InChI=1S/C20H21N3O3/c1-20-14-22(19(25)15-6-5-10-21-12-15)11-9-17(20)23(18(24)13-26-20)16-7-3-2-4-8-16/h2-8,10,12,17H,9,11,13-14H2,1H3/t17-,20-/m1/s1. The molecule has 0 bridgehead atoms. The Morgan fingerprint density at radius 1 is 1.23 bits per heavy atom. The SMILES string of the molecule is C[C@@]12CN(C(=O)c3cccnc3)CC[C@H]1N(c1ccccc1)C(=O)CO2. The highest BCUT2D eigenvalue weighted by Gasteiger charge is 2.50. The minimum atomic E-state index is -0.597. The lowest BCUT2D eigenvalue weighted by Gasteiger charge is -2.52. The number of nitrogens with zero attached hydrogens (tertiary/aromatic N) is 3. The second-order valence-corrected chi connectivity index (χ2v) is 6.97. The van der Waals surface area contributed by atoms with Crippen molar-refractivity contribution in [3.63, 3.8) is 0 Å². The van der Waals surface area contributed by atoms with Gasteiger partial charge in [-0.1, -0.05) is 18.2 Å². The number of carbonyl (C=O) groups excluding carboxylic acids is 2. The summed E-state index contributed by atoms with van der Waals surface area (Å²) < 4.78 is 5.95. The Balaban J connectivity index is 1.59. The van der Waals surface area contributed by atoms with E-state index in [1.807, 2.05) is 42.2 Å². The number of likely N-dealkylation sites (tertiary alicyclic amines) is 1. The molecule has 3 heterocycles. The molecule has 1 aromatic carbocycles. The van der Waals surface area contributed by atoms with Gasteiger partial charge in [-0.05, 0) is 37.6 Å². The molecule has 2 aliphatic rings. The largest absolute Gasteiger partial charge is 0.361 e. The Morgan fingerprint density at radius 3 is 2.77 bits per heavy atom. The monoisotopic (exact) mass is 351 g/mol. The van der Waals surface area contributed by atoms with E-state index >= 15 is 0 Å². The summed E-state index contributed by atoms with van der Waals surface area (Å²) in [6.07, 6.45) is 3.90. The maximum atomic E-state index is 12.8. The number of piperidine rings is 1. The first-order valence-corrected chi connectivity index (χ1v) is 8.79. The summed E-state index contributed by atoms with van der Waals surface area (Å²) in [5.74, 6) is -0.0877. The zero-order chi connectivity index (χ0) is 18.1. The number of aromatic nitrogens is 1. The molecule has 2 atom stereocenters. The maximum Gasteiger partial charge on any atom is 0.255 e. The molecule has 0 saturated carbocycles. The third-order valence-electron chi connectivity index (χ3n) is 5.22. The van der Waals surface area contributed by atoms with E-state index in [0.29, 0.717) is 25.1 Å². The molecule has 0 radical (unpaired) electrons. The zero-order valence-corrected chi connectivity index (χ0v) is 14.7. The Hall–Kier alpha value is -2.73. The molecule has 4 rings (SSSR count). The molecule has 2 fully saturated rings. The highest BCUT2D eigenvalue weighted by molar-refractivity contribution is 5.96. The van der Waals surface area contributed by atoms with Crippen LogP contribution in [0.1, 0.15) is 23.7 Å². The van der Waals surface area contributed by atoms with Crippen LogP contribution in [0.2, 0.25) is 0 Å². The van der Waals surface area contributed by atoms with Crippen LogP contribution in [0.15, 0.2) is 54.9 Å². The van der Waals surface area contributed by atoms with Crippen LogP contribution in [0.4, 0.5) is 5.69 Å². The van der Waals surface area contributed by atoms with E-state index in [-0.39, 0.29) is 24.5 Å². The molecule has 2 aromatic rings.